The van der Waals surface area contributed by atoms with E-state index in [1.165, 1.54) is 30.5 Å². The van der Waals surface area contributed by atoms with E-state index in [9.17, 15) is 14.3 Å². The lowest BCUT2D eigenvalue weighted by Crippen LogP contribution is -2.18. The zero-order chi connectivity index (χ0) is 19.4. The van der Waals surface area contributed by atoms with Crippen molar-refractivity contribution in [3.05, 3.63) is 106 Å². The van der Waals surface area contributed by atoms with Gasteiger partial charge in [0.15, 0.2) is 5.78 Å². The first-order valence-electron chi connectivity index (χ1n) is 8.12. The molecule has 3 N–H and O–H groups in total. The molecule has 3 rings (SSSR count). The summed E-state index contributed by atoms with van der Waals surface area (Å²) >= 11 is 6.16. The Balaban J connectivity index is 2.17. The predicted octanol–water partition coefficient (Wildman–Crippen LogP) is 4.16. The van der Waals surface area contributed by atoms with Crippen LogP contribution in [0.2, 0.25) is 5.02 Å². The van der Waals surface area contributed by atoms with Crippen LogP contribution in [-0.2, 0) is 0 Å². The molecule has 0 amide bonds. The molecule has 4 nitrogen and oxygen atoms in total. The second kappa shape index (κ2) is 8.12. The Kier molecular flexibility index (Phi) is 5.64. The maximum absolute atomic E-state index is 13.3. The zero-order valence-corrected chi connectivity index (χ0v) is 14.9. The highest BCUT2D eigenvalue weighted by molar-refractivity contribution is 6.35. The van der Waals surface area contributed by atoms with E-state index in [-0.39, 0.29) is 21.9 Å². The standard InChI is InChI=1S/C21H16ClFN2O2/c22-17-6-2-1-5-16(17)21(27)18(20(26)14-4-3-11-25-12-14)19(24)13-7-9-15(23)10-8-13/h1-12,20,26H,24H2. The summed E-state index contributed by atoms with van der Waals surface area (Å²) in [5, 5.41) is 11.1. The van der Waals surface area contributed by atoms with Gasteiger partial charge in [-0.05, 0) is 48.0 Å². The molecule has 0 aliphatic carbocycles. The topological polar surface area (TPSA) is 76.2 Å². The van der Waals surface area contributed by atoms with Crippen LogP contribution in [0, 0.1) is 5.82 Å². The maximum Gasteiger partial charge on any atom is 0.195 e. The maximum atomic E-state index is 13.3. The Hall–Kier alpha value is -3.02. The van der Waals surface area contributed by atoms with Crippen molar-refractivity contribution in [3.8, 4) is 0 Å². The van der Waals surface area contributed by atoms with E-state index < -0.39 is 17.7 Å². The van der Waals surface area contributed by atoms with Gasteiger partial charge in [-0.1, -0.05) is 29.8 Å². The average Bonchev–Trinajstić information content (AvgIpc) is 2.69. The van der Waals surface area contributed by atoms with Gasteiger partial charge in [-0.3, -0.25) is 9.78 Å². The summed E-state index contributed by atoms with van der Waals surface area (Å²) in [7, 11) is 0. The van der Waals surface area contributed by atoms with Crippen molar-refractivity contribution in [1.82, 2.24) is 4.98 Å². The molecule has 1 aromatic heterocycles. The van der Waals surface area contributed by atoms with Gasteiger partial charge in [0.2, 0.25) is 0 Å². The van der Waals surface area contributed by atoms with Crippen molar-refractivity contribution in [2.24, 2.45) is 5.73 Å². The molecule has 1 unspecified atom stereocenters. The fraction of sp³-hybridized carbons (Fsp3) is 0.0476. The quantitative estimate of drug-likeness (QED) is 0.513. The third-order valence-corrected chi connectivity index (χ3v) is 4.41. The number of nitrogens with two attached hydrogens (primary N) is 1. The van der Waals surface area contributed by atoms with E-state index in [4.69, 9.17) is 17.3 Å². The van der Waals surface area contributed by atoms with Crippen molar-refractivity contribution in [1.29, 1.82) is 0 Å². The number of nitrogens with zero attached hydrogens (tertiary/aromatic N) is 1. The van der Waals surface area contributed by atoms with Crippen molar-refractivity contribution in [2.75, 3.05) is 0 Å². The second-order valence-corrected chi connectivity index (χ2v) is 6.24. The summed E-state index contributed by atoms with van der Waals surface area (Å²) in [4.78, 5) is 17.2. The van der Waals surface area contributed by atoms with Crippen LogP contribution in [0.5, 0.6) is 0 Å². The highest BCUT2D eigenvalue weighted by atomic mass is 35.5. The van der Waals surface area contributed by atoms with Gasteiger partial charge in [0.05, 0.1) is 10.6 Å². The Bertz CT molecular complexity index is 989. The number of carbonyl (C=O) groups excluding carboxylic acids is 1. The summed E-state index contributed by atoms with van der Waals surface area (Å²) in [6, 6.07) is 15.1. The first kappa shape index (κ1) is 18.8. The molecule has 0 fully saturated rings. The summed E-state index contributed by atoms with van der Waals surface area (Å²) in [5.74, 6) is -0.947. The molecule has 0 aliphatic heterocycles. The van der Waals surface area contributed by atoms with Crippen LogP contribution in [0.1, 0.15) is 27.6 Å². The Morgan fingerprint density at radius 3 is 2.41 bits per heavy atom. The summed E-state index contributed by atoms with van der Waals surface area (Å²) < 4.78 is 13.3. The monoisotopic (exact) mass is 382 g/mol. The number of halogens is 2. The third kappa shape index (κ3) is 4.05. The van der Waals surface area contributed by atoms with Gasteiger partial charge in [0, 0.05) is 29.2 Å². The first-order valence-corrected chi connectivity index (χ1v) is 8.49. The van der Waals surface area contributed by atoms with Gasteiger partial charge in [-0.25, -0.2) is 4.39 Å². The predicted molar refractivity (Wildman–Crippen MR) is 102 cm³/mol. The molecule has 1 heterocycles. The number of aliphatic hydroxyl groups excluding tert-OH is 1. The number of rotatable bonds is 5. The first-order chi connectivity index (χ1) is 13.0. The number of benzene rings is 2. The number of aromatic nitrogens is 1. The molecule has 0 bridgehead atoms. The molecule has 0 saturated heterocycles. The highest BCUT2D eigenvalue weighted by Gasteiger charge is 2.27. The van der Waals surface area contributed by atoms with Gasteiger partial charge in [-0.2, -0.15) is 0 Å². The summed E-state index contributed by atoms with van der Waals surface area (Å²) in [6.07, 6.45) is 1.67. The zero-order valence-electron chi connectivity index (χ0n) is 14.1. The van der Waals surface area contributed by atoms with E-state index in [0.29, 0.717) is 11.1 Å². The molecule has 27 heavy (non-hydrogen) atoms. The Morgan fingerprint density at radius 1 is 1.07 bits per heavy atom. The van der Waals surface area contributed by atoms with Crippen molar-refractivity contribution in [2.45, 2.75) is 6.10 Å². The van der Waals surface area contributed by atoms with Crippen LogP contribution in [0.25, 0.3) is 5.70 Å². The van der Waals surface area contributed by atoms with E-state index in [0.717, 1.165) is 0 Å². The van der Waals surface area contributed by atoms with Crippen LogP contribution < -0.4 is 5.73 Å². The molecular formula is C21H16ClFN2O2. The molecule has 136 valence electrons. The minimum atomic E-state index is -1.33. The second-order valence-electron chi connectivity index (χ2n) is 5.83. The lowest BCUT2D eigenvalue weighted by molar-refractivity contribution is 0.0988. The number of carbonyl (C=O) groups is 1. The van der Waals surface area contributed by atoms with E-state index in [2.05, 4.69) is 4.98 Å². The number of hydrogen-bond acceptors (Lipinski definition) is 4. The van der Waals surface area contributed by atoms with Crippen LogP contribution in [0.4, 0.5) is 4.39 Å². The molecule has 0 saturated carbocycles. The van der Waals surface area contributed by atoms with Crippen LogP contribution in [0.3, 0.4) is 0 Å². The molecular weight excluding hydrogens is 367 g/mol. The summed E-state index contributed by atoms with van der Waals surface area (Å²) in [6.45, 7) is 0. The van der Waals surface area contributed by atoms with Crippen molar-refractivity contribution < 1.29 is 14.3 Å². The fourth-order valence-corrected chi connectivity index (χ4v) is 2.90. The normalized spacial score (nSPS) is 13.0. The number of Topliss-reactive ketones (excluding diaryl/α,β-unsaturated/α-hetero) is 1. The Labute approximate surface area is 160 Å². The van der Waals surface area contributed by atoms with Crippen LogP contribution >= 0.6 is 11.6 Å². The molecule has 0 aliphatic rings. The number of pyridine rings is 1. The molecule has 6 heteroatoms. The smallest absolute Gasteiger partial charge is 0.195 e. The fourth-order valence-electron chi connectivity index (χ4n) is 2.67. The highest BCUT2D eigenvalue weighted by Crippen LogP contribution is 2.31. The SMILES string of the molecule is NC(=C(C(=O)c1ccccc1Cl)C(O)c1cccnc1)c1ccc(F)cc1. The lowest BCUT2D eigenvalue weighted by Gasteiger charge is -2.18. The average molecular weight is 383 g/mol. The molecule has 0 radical (unpaired) electrons. The van der Waals surface area contributed by atoms with Gasteiger partial charge in [-0.15, -0.1) is 0 Å². The van der Waals surface area contributed by atoms with Gasteiger partial charge in [0.1, 0.15) is 11.9 Å². The molecule has 0 spiro atoms. The summed E-state index contributed by atoms with van der Waals surface area (Å²) in [5.41, 5.74) is 7.24. The molecule has 1 atom stereocenters. The lowest BCUT2D eigenvalue weighted by atomic mass is 9.91. The Morgan fingerprint density at radius 2 is 1.78 bits per heavy atom. The number of aliphatic hydroxyl groups is 1. The van der Waals surface area contributed by atoms with E-state index in [1.54, 1.807) is 42.6 Å². The van der Waals surface area contributed by atoms with Crippen molar-refractivity contribution in [3.63, 3.8) is 0 Å². The van der Waals surface area contributed by atoms with Gasteiger partial charge < -0.3 is 10.8 Å². The largest absolute Gasteiger partial charge is 0.398 e. The minimum Gasteiger partial charge on any atom is -0.398 e. The van der Waals surface area contributed by atoms with Crippen LogP contribution in [-0.4, -0.2) is 15.9 Å². The number of ketones is 1. The van der Waals surface area contributed by atoms with Crippen LogP contribution in [0.15, 0.2) is 78.6 Å². The third-order valence-electron chi connectivity index (χ3n) is 4.08. The van der Waals surface area contributed by atoms with Gasteiger partial charge >= 0.3 is 0 Å². The minimum absolute atomic E-state index is 0.0382. The molecule has 3 aromatic rings. The number of hydrogen-bond donors (Lipinski definition) is 2. The van der Waals surface area contributed by atoms with Crippen molar-refractivity contribution >= 4 is 23.1 Å². The van der Waals surface area contributed by atoms with E-state index >= 15 is 0 Å². The van der Waals surface area contributed by atoms with Gasteiger partial charge in [0.25, 0.3) is 0 Å². The molecule has 2 aromatic carbocycles. The van der Waals surface area contributed by atoms with E-state index in [1.807, 2.05) is 0 Å².